The van der Waals surface area contributed by atoms with E-state index in [0.29, 0.717) is 5.75 Å². The number of rotatable bonds is 4. The summed E-state index contributed by atoms with van der Waals surface area (Å²) in [5.74, 6) is 0.491. The average Bonchev–Trinajstić information content (AvgIpc) is 2.62. The molecule has 0 bridgehead atoms. The number of aryl methyl sites for hydroxylation is 1. The van der Waals surface area contributed by atoms with Crippen molar-refractivity contribution in [3.63, 3.8) is 0 Å². The molecule has 1 heterocycles. The summed E-state index contributed by atoms with van der Waals surface area (Å²) >= 11 is 0. The Morgan fingerprint density at radius 2 is 2.33 bits per heavy atom. The minimum Gasteiger partial charge on any atom is -0.407 e. The summed E-state index contributed by atoms with van der Waals surface area (Å²) < 4.78 is 6.82. The summed E-state index contributed by atoms with van der Waals surface area (Å²) in [4.78, 5) is 12.6. The number of carbonyl (C=O) groups is 1. The van der Waals surface area contributed by atoms with Gasteiger partial charge in [-0.15, -0.1) is 0 Å². The minimum atomic E-state index is -0.384. The average molecular weight is 211 g/mol. The smallest absolute Gasteiger partial charge is 0.407 e. The van der Waals surface area contributed by atoms with Crippen LogP contribution in [0.1, 0.15) is 19.8 Å². The van der Waals surface area contributed by atoms with E-state index in [0.717, 1.165) is 19.4 Å². The van der Waals surface area contributed by atoms with Crippen LogP contribution >= 0.6 is 0 Å². The molecule has 0 spiro atoms. The van der Waals surface area contributed by atoms with Crippen molar-refractivity contribution >= 4 is 6.09 Å². The predicted molar refractivity (Wildman–Crippen MR) is 56.8 cm³/mol. The summed E-state index contributed by atoms with van der Waals surface area (Å²) in [5, 5.41) is 4.09. The zero-order valence-electron chi connectivity index (χ0n) is 9.43. The molecule has 1 amide bonds. The molecule has 1 aromatic heterocycles. The minimum absolute atomic E-state index is 0.384. The molecule has 0 aliphatic carbocycles. The number of unbranched alkanes of at least 4 members (excludes halogenated alkanes) is 1. The maximum absolute atomic E-state index is 11.2. The van der Waals surface area contributed by atoms with Crippen LogP contribution in [0.25, 0.3) is 0 Å². The Balaban J connectivity index is 2.49. The predicted octanol–water partition coefficient (Wildman–Crippen LogP) is 1.74. The number of aromatic nitrogens is 2. The van der Waals surface area contributed by atoms with Crippen molar-refractivity contribution in [3.05, 3.63) is 12.4 Å². The second-order valence-corrected chi connectivity index (χ2v) is 3.56. The molecule has 0 aromatic carbocycles. The second-order valence-electron chi connectivity index (χ2n) is 3.56. The Bertz CT molecular complexity index is 320. The lowest BCUT2D eigenvalue weighted by molar-refractivity contribution is 0.172. The van der Waals surface area contributed by atoms with Crippen molar-refractivity contribution in [2.75, 3.05) is 14.1 Å². The van der Waals surface area contributed by atoms with Gasteiger partial charge in [0.05, 0.1) is 12.4 Å². The van der Waals surface area contributed by atoms with Crippen molar-refractivity contribution in [1.82, 2.24) is 14.7 Å². The Morgan fingerprint density at radius 1 is 1.60 bits per heavy atom. The van der Waals surface area contributed by atoms with Crippen LogP contribution in [0.15, 0.2) is 12.4 Å². The molecule has 5 heteroatoms. The highest BCUT2D eigenvalue weighted by molar-refractivity contribution is 5.69. The monoisotopic (exact) mass is 211 g/mol. The normalized spacial score (nSPS) is 10.1. The highest BCUT2D eigenvalue weighted by atomic mass is 16.6. The van der Waals surface area contributed by atoms with Gasteiger partial charge < -0.3 is 9.64 Å². The van der Waals surface area contributed by atoms with E-state index in [1.54, 1.807) is 31.2 Å². The summed E-state index contributed by atoms with van der Waals surface area (Å²) in [7, 11) is 3.29. The van der Waals surface area contributed by atoms with Crippen LogP contribution < -0.4 is 4.74 Å². The number of hydrogen-bond acceptors (Lipinski definition) is 3. The summed E-state index contributed by atoms with van der Waals surface area (Å²) in [6, 6.07) is 0. The van der Waals surface area contributed by atoms with Crippen LogP contribution in [0.5, 0.6) is 5.75 Å². The fourth-order valence-corrected chi connectivity index (χ4v) is 1.03. The molecule has 0 radical (unpaired) electrons. The first-order valence-corrected chi connectivity index (χ1v) is 5.05. The van der Waals surface area contributed by atoms with Gasteiger partial charge in [0.2, 0.25) is 0 Å². The van der Waals surface area contributed by atoms with Gasteiger partial charge in [-0.25, -0.2) is 4.79 Å². The molecule has 0 unspecified atom stereocenters. The number of hydrogen-bond donors (Lipinski definition) is 0. The third-order valence-corrected chi connectivity index (χ3v) is 1.92. The van der Waals surface area contributed by atoms with Crippen molar-refractivity contribution < 1.29 is 9.53 Å². The molecule has 0 N–H and O–H groups in total. The first-order valence-electron chi connectivity index (χ1n) is 5.05. The maximum atomic E-state index is 11.2. The zero-order valence-corrected chi connectivity index (χ0v) is 9.43. The molecule has 0 saturated heterocycles. The highest BCUT2D eigenvalue weighted by Crippen LogP contribution is 2.09. The lowest BCUT2D eigenvalue weighted by atomic mass is 10.3. The maximum Gasteiger partial charge on any atom is 0.414 e. The number of amides is 1. The van der Waals surface area contributed by atoms with Gasteiger partial charge in [0, 0.05) is 20.6 Å². The molecular weight excluding hydrogens is 194 g/mol. The Hall–Kier alpha value is -1.52. The topological polar surface area (TPSA) is 47.4 Å². The Morgan fingerprint density at radius 3 is 2.93 bits per heavy atom. The van der Waals surface area contributed by atoms with Crippen molar-refractivity contribution in [1.29, 1.82) is 0 Å². The van der Waals surface area contributed by atoms with Crippen LogP contribution in [0.4, 0.5) is 4.79 Å². The highest BCUT2D eigenvalue weighted by Gasteiger charge is 2.07. The summed E-state index contributed by atoms with van der Waals surface area (Å²) in [6.45, 7) is 2.98. The van der Waals surface area contributed by atoms with Gasteiger partial charge >= 0.3 is 6.09 Å². The fraction of sp³-hybridized carbons (Fsp3) is 0.600. The first-order chi connectivity index (χ1) is 7.13. The van der Waals surface area contributed by atoms with Crippen LogP contribution in [0.2, 0.25) is 0 Å². The molecule has 1 aromatic rings. The lowest BCUT2D eigenvalue weighted by Crippen LogP contribution is -2.25. The third-order valence-electron chi connectivity index (χ3n) is 1.92. The number of carbonyl (C=O) groups excluding carboxylic acids is 1. The van der Waals surface area contributed by atoms with Gasteiger partial charge in [0.15, 0.2) is 5.75 Å². The van der Waals surface area contributed by atoms with E-state index in [1.807, 2.05) is 0 Å². The van der Waals surface area contributed by atoms with Gasteiger partial charge in [-0.3, -0.25) is 4.68 Å². The molecule has 1 rings (SSSR count). The van der Waals surface area contributed by atoms with Crippen LogP contribution in [0.3, 0.4) is 0 Å². The van der Waals surface area contributed by atoms with E-state index in [2.05, 4.69) is 12.0 Å². The second kappa shape index (κ2) is 5.38. The van der Waals surface area contributed by atoms with Crippen molar-refractivity contribution in [2.45, 2.75) is 26.3 Å². The first kappa shape index (κ1) is 11.6. The van der Waals surface area contributed by atoms with Gasteiger partial charge in [-0.2, -0.15) is 5.10 Å². The zero-order chi connectivity index (χ0) is 11.3. The van der Waals surface area contributed by atoms with E-state index < -0.39 is 0 Å². The van der Waals surface area contributed by atoms with Crippen LogP contribution in [-0.2, 0) is 6.54 Å². The van der Waals surface area contributed by atoms with E-state index in [9.17, 15) is 4.79 Å². The van der Waals surface area contributed by atoms with Crippen LogP contribution in [0, 0.1) is 0 Å². The van der Waals surface area contributed by atoms with Crippen LogP contribution in [-0.4, -0.2) is 34.9 Å². The van der Waals surface area contributed by atoms with E-state index in [-0.39, 0.29) is 6.09 Å². The molecule has 0 fully saturated rings. The molecule has 0 aliphatic rings. The number of nitrogens with zero attached hydrogens (tertiary/aromatic N) is 3. The molecule has 0 atom stereocenters. The van der Waals surface area contributed by atoms with E-state index in [4.69, 9.17) is 4.74 Å². The molecule has 84 valence electrons. The molecular formula is C10H17N3O2. The standard InChI is InChI=1S/C10H17N3O2/c1-4-5-6-13-8-9(7-11-13)15-10(14)12(2)3/h7-8H,4-6H2,1-3H3. The third kappa shape index (κ3) is 3.61. The molecule has 5 nitrogen and oxygen atoms in total. The summed E-state index contributed by atoms with van der Waals surface area (Å²) in [5.41, 5.74) is 0. The Kier molecular flexibility index (Phi) is 4.15. The van der Waals surface area contributed by atoms with Gasteiger partial charge in [-0.1, -0.05) is 13.3 Å². The quantitative estimate of drug-likeness (QED) is 0.762. The number of ether oxygens (including phenoxy) is 1. The molecule has 0 aliphatic heterocycles. The molecule has 15 heavy (non-hydrogen) atoms. The largest absolute Gasteiger partial charge is 0.414 e. The SMILES string of the molecule is CCCCn1cc(OC(=O)N(C)C)cn1. The summed E-state index contributed by atoms with van der Waals surface area (Å²) in [6.07, 6.45) is 5.09. The van der Waals surface area contributed by atoms with E-state index >= 15 is 0 Å². The lowest BCUT2D eigenvalue weighted by Gasteiger charge is -2.08. The fourth-order valence-electron chi connectivity index (χ4n) is 1.03. The molecule has 0 saturated carbocycles. The van der Waals surface area contributed by atoms with Gasteiger partial charge in [-0.05, 0) is 6.42 Å². The van der Waals surface area contributed by atoms with Crippen molar-refractivity contribution in [3.8, 4) is 5.75 Å². The van der Waals surface area contributed by atoms with Crippen molar-refractivity contribution in [2.24, 2.45) is 0 Å². The van der Waals surface area contributed by atoms with Gasteiger partial charge in [0.25, 0.3) is 0 Å². The Labute approximate surface area is 89.6 Å². The van der Waals surface area contributed by atoms with E-state index in [1.165, 1.54) is 4.90 Å². The van der Waals surface area contributed by atoms with Gasteiger partial charge in [0.1, 0.15) is 0 Å².